The first-order valence-electron chi connectivity index (χ1n) is 8.89. The number of aromatic nitrogens is 1. The minimum atomic E-state index is -0.0128. The van der Waals surface area contributed by atoms with Gasteiger partial charge in [0.15, 0.2) is 0 Å². The van der Waals surface area contributed by atoms with E-state index in [1.165, 1.54) is 7.11 Å². The summed E-state index contributed by atoms with van der Waals surface area (Å²) in [6, 6.07) is 7.65. The summed E-state index contributed by atoms with van der Waals surface area (Å²) in [6.07, 6.45) is 11.1. The van der Waals surface area contributed by atoms with Gasteiger partial charge >= 0.3 is 51.4 Å². The Hall–Kier alpha value is -1.80. The van der Waals surface area contributed by atoms with Crippen molar-refractivity contribution in [1.29, 1.82) is 0 Å². The Morgan fingerprint density at radius 1 is 1.20 bits per heavy atom. The molecule has 0 saturated carbocycles. The zero-order chi connectivity index (χ0) is 20.7. The molecule has 5 nitrogen and oxygen atoms in total. The molecule has 0 fully saturated rings. The molecule has 30 heavy (non-hydrogen) atoms. The van der Waals surface area contributed by atoms with E-state index in [4.69, 9.17) is 9.72 Å². The van der Waals surface area contributed by atoms with Crippen molar-refractivity contribution in [3.05, 3.63) is 83.3 Å². The molecule has 0 saturated heterocycles. The van der Waals surface area contributed by atoms with E-state index in [9.17, 15) is 9.90 Å². The van der Waals surface area contributed by atoms with Crippen molar-refractivity contribution in [3.63, 3.8) is 0 Å². The summed E-state index contributed by atoms with van der Waals surface area (Å²) in [5, 5.41) is 9.50. The predicted octanol–water partition coefficient (Wildman–Crippen LogP) is 2.41. The number of aliphatic hydroxyl groups is 1. The molecule has 0 amide bonds. The molecule has 0 atom stereocenters. The van der Waals surface area contributed by atoms with Crippen LogP contribution in [0.4, 0.5) is 0 Å². The van der Waals surface area contributed by atoms with E-state index < -0.39 is 0 Å². The van der Waals surface area contributed by atoms with Gasteiger partial charge in [-0.05, 0) is 36.6 Å². The van der Waals surface area contributed by atoms with Gasteiger partial charge in [0.1, 0.15) is 5.76 Å². The number of rotatable bonds is 7. The Balaban J connectivity index is 0.00000420. The van der Waals surface area contributed by atoms with E-state index >= 15 is 0 Å². The fourth-order valence-corrected chi connectivity index (χ4v) is 2.92. The molecule has 0 aliphatic carbocycles. The second-order valence-electron chi connectivity index (χ2n) is 6.15. The number of nitrogens with zero attached hydrogens (tertiary/aromatic N) is 1. The molecule has 6 heteroatoms. The van der Waals surface area contributed by atoms with Crippen molar-refractivity contribution in [2.75, 3.05) is 7.11 Å². The Morgan fingerprint density at radius 3 is 2.30 bits per heavy atom. The predicted molar refractivity (Wildman–Crippen MR) is 117 cm³/mol. The third-order valence-corrected chi connectivity index (χ3v) is 4.22. The molecule has 2 aromatic rings. The van der Waals surface area contributed by atoms with Crippen LogP contribution >= 0.6 is 0 Å². The van der Waals surface area contributed by atoms with Crippen LogP contribution in [0.5, 0.6) is 5.75 Å². The summed E-state index contributed by atoms with van der Waals surface area (Å²) >= 11 is 0. The minimum absolute atomic E-state index is 0. The number of aliphatic hydroxyl groups excluding tert-OH is 1. The Morgan fingerprint density at radius 2 is 1.83 bits per heavy atom. The maximum absolute atomic E-state index is 11.6. The maximum Gasteiger partial charge on any atom is 1.00 e. The number of methoxy groups -OCH3 is 1. The van der Waals surface area contributed by atoms with Crippen LogP contribution in [0.15, 0.2) is 60.9 Å². The van der Waals surface area contributed by atoms with Crippen molar-refractivity contribution in [2.45, 2.75) is 20.8 Å². The second kappa shape index (κ2) is 13.5. The molecule has 0 aliphatic rings. The summed E-state index contributed by atoms with van der Waals surface area (Å²) in [5.41, 5.74) is 4.94. The van der Waals surface area contributed by atoms with E-state index in [0.29, 0.717) is 22.7 Å². The Labute approximate surface area is 220 Å². The van der Waals surface area contributed by atoms with Crippen LogP contribution in [-0.2, 0) is 4.79 Å². The molecule has 0 spiro atoms. The summed E-state index contributed by atoms with van der Waals surface area (Å²) in [5.74, 6) is 0.391. The van der Waals surface area contributed by atoms with Crippen molar-refractivity contribution in [2.24, 2.45) is 0 Å². The molecule has 0 radical (unpaired) electrons. The smallest absolute Gasteiger partial charge is 0.870 e. The molecular weight excluding hydrogens is 405 g/mol. The summed E-state index contributed by atoms with van der Waals surface area (Å²) < 4.78 is 5.49. The number of pyridine rings is 1. The third kappa shape index (κ3) is 6.60. The van der Waals surface area contributed by atoms with Crippen molar-refractivity contribution in [1.82, 2.24) is 4.98 Å². The molecule has 1 heterocycles. The molecular formula is C24H25KNO4-. The zero-order valence-corrected chi connectivity index (χ0v) is 21.2. The number of ether oxygens (including phenoxy) is 1. The van der Waals surface area contributed by atoms with Gasteiger partial charge < -0.3 is 20.1 Å². The molecule has 0 aliphatic heterocycles. The van der Waals surface area contributed by atoms with Crippen molar-refractivity contribution >= 4 is 17.9 Å². The SMILES string of the molecule is C=C(O)/C=C(\C=C/C)c1ccc(-c2nc(/C=C\C)c(C)c([C-]=O)c2OC)cc1.[K+].[OH-]. The van der Waals surface area contributed by atoms with Crippen LogP contribution in [0.1, 0.15) is 36.2 Å². The number of carbonyl (C=O) groups excluding carboxylic acids is 1. The average Bonchev–Trinajstić information content (AvgIpc) is 2.68. The second-order valence-corrected chi connectivity index (χ2v) is 6.15. The van der Waals surface area contributed by atoms with Crippen LogP contribution in [-0.4, -0.2) is 29.0 Å². The van der Waals surface area contributed by atoms with Gasteiger partial charge in [0.2, 0.25) is 0 Å². The van der Waals surface area contributed by atoms with Gasteiger partial charge in [-0.2, -0.15) is 0 Å². The van der Waals surface area contributed by atoms with Crippen LogP contribution in [0.3, 0.4) is 0 Å². The Bertz CT molecular complexity index is 974. The van der Waals surface area contributed by atoms with E-state index in [-0.39, 0.29) is 62.6 Å². The molecule has 152 valence electrons. The fraction of sp³-hybridized carbons (Fsp3) is 0.167. The first-order chi connectivity index (χ1) is 13.5. The normalized spacial score (nSPS) is 11.1. The molecule has 0 unspecified atom stereocenters. The maximum atomic E-state index is 11.6. The Kier molecular flexibility index (Phi) is 12.7. The van der Waals surface area contributed by atoms with E-state index in [2.05, 4.69) is 6.58 Å². The standard InChI is InChI=1S/C24H24NO3.K.H2O/c1-6-8-20(14-16(3)27)18-10-12-19(13-11-18)23-24(28-5)21(15-26)17(4)22(25-23)9-7-2;;/h6-14,27H,3H2,1-2,4-5H3;;1H2/q-1;+1;/p-1/b8-6-,9-7-,20-14+;;. The van der Waals surface area contributed by atoms with Gasteiger partial charge in [-0.25, -0.2) is 0 Å². The van der Waals surface area contributed by atoms with Crippen molar-refractivity contribution < 1.29 is 71.5 Å². The molecule has 1 aromatic carbocycles. The van der Waals surface area contributed by atoms with E-state index in [0.717, 1.165) is 22.3 Å². The third-order valence-electron chi connectivity index (χ3n) is 4.22. The van der Waals surface area contributed by atoms with Gasteiger partial charge in [-0.15, -0.1) is 11.1 Å². The van der Waals surface area contributed by atoms with Crippen LogP contribution in [0.25, 0.3) is 22.9 Å². The summed E-state index contributed by atoms with van der Waals surface area (Å²) in [4.78, 5) is 16.3. The van der Waals surface area contributed by atoms with Crippen LogP contribution in [0, 0.1) is 6.92 Å². The molecule has 2 N–H and O–H groups in total. The zero-order valence-electron chi connectivity index (χ0n) is 18.1. The van der Waals surface area contributed by atoms with Gasteiger partial charge in [0.25, 0.3) is 0 Å². The molecule has 2 rings (SSSR count). The van der Waals surface area contributed by atoms with Gasteiger partial charge in [0.05, 0.1) is 19.1 Å². The average molecular weight is 431 g/mol. The number of allylic oxidation sites excluding steroid dienone is 5. The first kappa shape index (κ1) is 28.2. The van der Waals surface area contributed by atoms with Gasteiger partial charge in [-0.3, -0.25) is 4.98 Å². The van der Waals surface area contributed by atoms with Crippen LogP contribution in [0.2, 0.25) is 0 Å². The number of benzene rings is 1. The molecule has 1 aromatic heterocycles. The number of hydrogen-bond acceptors (Lipinski definition) is 5. The topological polar surface area (TPSA) is 89.4 Å². The van der Waals surface area contributed by atoms with E-state index in [1.54, 1.807) is 6.08 Å². The largest absolute Gasteiger partial charge is 1.00 e. The first-order valence-corrected chi connectivity index (χ1v) is 8.89. The van der Waals surface area contributed by atoms with Gasteiger partial charge in [-0.1, -0.05) is 62.1 Å². The fourth-order valence-electron chi connectivity index (χ4n) is 2.92. The van der Waals surface area contributed by atoms with Crippen LogP contribution < -0.4 is 56.1 Å². The van der Waals surface area contributed by atoms with E-state index in [1.807, 2.05) is 75.6 Å². The quantitative estimate of drug-likeness (QED) is 0.315. The minimum Gasteiger partial charge on any atom is -0.870 e. The summed E-state index contributed by atoms with van der Waals surface area (Å²) in [6.45, 7) is 9.15. The number of hydrogen-bond donors (Lipinski definition) is 1. The monoisotopic (exact) mass is 430 g/mol. The molecule has 0 bridgehead atoms. The van der Waals surface area contributed by atoms with Crippen molar-refractivity contribution in [3.8, 4) is 17.0 Å². The summed E-state index contributed by atoms with van der Waals surface area (Å²) in [7, 11) is 1.52. The van der Waals surface area contributed by atoms with Gasteiger partial charge in [0, 0.05) is 11.4 Å².